The number of hydrogen-bond acceptors (Lipinski definition) is 4. The van der Waals surface area contributed by atoms with Crippen LogP contribution in [-0.4, -0.2) is 53.8 Å². The van der Waals surface area contributed by atoms with Gasteiger partial charge in [-0.2, -0.15) is 5.26 Å². The minimum absolute atomic E-state index is 0.0268. The van der Waals surface area contributed by atoms with Crippen LogP contribution in [0.15, 0.2) is 48.5 Å². The number of hydrogen-bond donors (Lipinski definition) is 1. The lowest BCUT2D eigenvalue weighted by atomic mass is 9.86. The molecule has 6 heteroatoms. The van der Waals surface area contributed by atoms with Crippen LogP contribution in [0.3, 0.4) is 0 Å². The van der Waals surface area contributed by atoms with Crippen molar-refractivity contribution in [1.82, 2.24) is 15.1 Å². The Hall–Kier alpha value is -3.17. The predicted molar refractivity (Wildman–Crippen MR) is 130 cm³/mol. The summed E-state index contributed by atoms with van der Waals surface area (Å²) in [7, 11) is 0. The number of nitriles is 1. The van der Waals surface area contributed by atoms with E-state index in [1.165, 1.54) is 5.56 Å². The second kappa shape index (κ2) is 10.6. The van der Waals surface area contributed by atoms with Gasteiger partial charge in [-0.1, -0.05) is 45.0 Å². The maximum absolute atomic E-state index is 13.0. The van der Waals surface area contributed by atoms with Gasteiger partial charge in [0.15, 0.2) is 0 Å². The molecule has 0 radical (unpaired) electrons. The Kier molecular flexibility index (Phi) is 7.88. The van der Waals surface area contributed by atoms with Crippen LogP contribution in [0.5, 0.6) is 0 Å². The van der Waals surface area contributed by atoms with Gasteiger partial charge in [0.05, 0.1) is 11.6 Å². The summed E-state index contributed by atoms with van der Waals surface area (Å²) in [4.78, 5) is 29.8. The van der Waals surface area contributed by atoms with Crippen LogP contribution < -0.4 is 5.32 Å². The van der Waals surface area contributed by atoms with Gasteiger partial charge in [0.25, 0.3) is 5.91 Å². The molecule has 0 aromatic heterocycles. The van der Waals surface area contributed by atoms with Crippen molar-refractivity contribution < 1.29 is 9.59 Å². The number of nitrogens with one attached hydrogen (secondary N) is 1. The third kappa shape index (κ3) is 6.66. The predicted octanol–water partition coefficient (Wildman–Crippen LogP) is 3.71. The lowest BCUT2D eigenvalue weighted by Gasteiger charge is -2.25. The second-order valence-electron chi connectivity index (χ2n) is 9.79. The van der Waals surface area contributed by atoms with Gasteiger partial charge in [-0.15, -0.1) is 0 Å². The molecular weight excluding hydrogens is 412 g/mol. The van der Waals surface area contributed by atoms with Crippen LogP contribution in [0.4, 0.5) is 0 Å². The van der Waals surface area contributed by atoms with Gasteiger partial charge in [0.2, 0.25) is 5.91 Å². The Morgan fingerprint density at radius 2 is 1.67 bits per heavy atom. The molecule has 0 saturated carbocycles. The lowest BCUT2D eigenvalue weighted by molar-refractivity contribution is -0.132. The highest BCUT2D eigenvalue weighted by molar-refractivity contribution is 5.97. The molecule has 1 fully saturated rings. The van der Waals surface area contributed by atoms with Crippen molar-refractivity contribution >= 4 is 11.8 Å². The zero-order valence-electron chi connectivity index (χ0n) is 20.1. The molecular formula is C27H34N4O2. The molecule has 2 aromatic rings. The number of rotatable bonds is 5. The van der Waals surface area contributed by atoms with E-state index in [0.717, 1.165) is 31.6 Å². The fraction of sp³-hybridized carbons (Fsp3) is 0.444. The van der Waals surface area contributed by atoms with Crippen molar-refractivity contribution in [2.24, 2.45) is 0 Å². The Morgan fingerprint density at radius 3 is 2.27 bits per heavy atom. The quantitative estimate of drug-likeness (QED) is 0.760. The van der Waals surface area contributed by atoms with Crippen molar-refractivity contribution in [3.63, 3.8) is 0 Å². The largest absolute Gasteiger partial charge is 0.341 e. The van der Waals surface area contributed by atoms with Gasteiger partial charge in [0, 0.05) is 38.3 Å². The topological polar surface area (TPSA) is 76.4 Å². The van der Waals surface area contributed by atoms with Crippen LogP contribution in [0.2, 0.25) is 0 Å². The summed E-state index contributed by atoms with van der Waals surface area (Å²) in [5, 5.41) is 11.8. The Balaban J connectivity index is 1.52. The average Bonchev–Trinajstić information content (AvgIpc) is 3.04. The highest BCUT2D eigenvalue weighted by Crippen LogP contribution is 2.22. The molecule has 1 N–H and O–H groups in total. The van der Waals surface area contributed by atoms with Crippen molar-refractivity contribution in [2.45, 2.75) is 52.1 Å². The summed E-state index contributed by atoms with van der Waals surface area (Å²) in [6, 6.07) is 16.8. The van der Waals surface area contributed by atoms with Crippen molar-refractivity contribution in [2.75, 3.05) is 26.2 Å². The van der Waals surface area contributed by atoms with Crippen LogP contribution >= 0.6 is 0 Å². The second-order valence-corrected chi connectivity index (χ2v) is 9.79. The molecule has 1 atom stereocenters. The van der Waals surface area contributed by atoms with Gasteiger partial charge in [0.1, 0.15) is 6.04 Å². The van der Waals surface area contributed by atoms with Gasteiger partial charge < -0.3 is 10.2 Å². The molecule has 0 aliphatic carbocycles. The molecule has 3 rings (SSSR count). The molecule has 0 bridgehead atoms. The summed E-state index contributed by atoms with van der Waals surface area (Å²) in [6.07, 6.45) is 0.886. The first-order valence-corrected chi connectivity index (χ1v) is 11.6. The zero-order chi connectivity index (χ0) is 24.0. The summed E-state index contributed by atoms with van der Waals surface area (Å²) < 4.78 is 0. The van der Waals surface area contributed by atoms with Crippen molar-refractivity contribution in [3.05, 3.63) is 70.8 Å². The lowest BCUT2D eigenvalue weighted by Crippen LogP contribution is -2.48. The number of nitrogens with zero attached hydrogens (tertiary/aromatic N) is 3. The van der Waals surface area contributed by atoms with Crippen LogP contribution in [0.25, 0.3) is 0 Å². The summed E-state index contributed by atoms with van der Waals surface area (Å²) in [6.45, 7) is 12.0. The third-order valence-electron chi connectivity index (χ3n) is 6.12. The fourth-order valence-electron chi connectivity index (χ4n) is 4.03. The molecule has 0 unspecified atom stereocenters. The Labute approximate surface area is 197 Å². The zero-order valence-corrected chi connectivity index (χ0v) is 20.1. The maximum Gasteiger partial charge on any atom is 0.251 e. The summed E-state index contributed by atoms with van der Waals surface area (Å²) in [5.74, 6) is -0.275. The van der Waals surface area contributed by atoms with Crippen LogP contribution in [0.1, 0.15) is 61.2 Å². The maximum atomic E-state index is 13.0. The molecule has 33 heavy (non-hydrogen) atoms. The molecule has 2 amide bonds. The SMILES string of the molecule is C[C@H](NC(=O)c1ccc(C(C)(C)C)cc1)C(=O)N1CCCN(Cc2ccc(C#N)cc2)CC1. The summed E-state index contributed by atoms with van der Waals surface area (Å²) in [5.41, 5.74) is 3.57. The van der Waals surface area contributed by atoms with Crippen molar-refractivity contribution in [1.29, 1.82) is 5.26 Å². The van der Waals surface area contributed by atoms with E-state index in [1.54, 1.807) is 6.92 Å². The third-order valence-corrected chi connectivity index (χ3v) is 6.12. The average molecular weight is 447 g/mol. The highest BCUT2D eigenvalue weighted by atomic mass is 16.2. The van der Waals surface area contributed by atoms with Crippen LogP contribution in [0, 0.1) is 11.3 Å². The number of amides is 2. The normalized spacial score (nSPS) is 15.9. The molecule has 2 aromatic carbocycles. The minimum Gasteiger partial charge on any atom is -0.341 e. The van der Waals surface area contributed by atoms with E-state index < -0.39 is 6.04 Å². The van der Waals surface area contributed by atoms with Gasteiger partial charge in [-0.25, -0.2) is 0 Å². The van der Waals surface area contributed by atoms with Gasteiger partial charge >= 0.3 is 0 Å². The smallest absolute Gasteiger partial charge is 0.251 e. The minimum atomic E-state index is -0.579. The Bertz CT molecular complexity index is 1000. The molecule has 1 aliphatic heterocycles. The number of benzene rings is 2. The first-order chi connectivity index (χ1) is 15.7. The number of carbonyl (C=O) groups is 2. The highest BCUT2D eigenvalue weighted by Gasteiger charge is 2.25. The monoisotopic (exact) mass is 446 g/mol. The summed E-state index contributed by atoms with van der Waals surface area (Å²) >= 11 is 0. The fourth-order valence-corrected chi connectivity index (χ4v) is 4.03. The van der Waals surface area contributed by atoms with E-state index in [0.29, 0.717) is 24.2 Å². The molecule has 1 aliphatic rings. The molecule has 6 nitrogen and oxygen atoms in total. The Morgan fingerprint density at radius 1 is 1.00 bits per heavy atom. The first kappa shape index (κ1) is 24.5. The van der Waals surface area contributed by atoms with E-state index in [4.69, 9.17) is 5.26 Å². The van der Waals surface area contributed by atoms with Gasteiger partial charge in [-0.05, 0) is 54.2 Å². The standard InChI is InChI=1S/C27H34N4O2/c1-20(29-25(32)23-10-12-24(13-11-23)27(2,3)4)26(33)31-15-5-14-30(16-17-31)19-22-8-6-21(18-28)7-9-22/h6-13,20H,5,14-17,19H2,1-4H3,(H,29,32)/t20-/m0/s1. The van der Waals surface area contributed by atoms with Crippen LogP contribution in [-0.2, 0) is 16.8 Å². The number of carbonyl (C=O) groups excluding carboxylic acids is 2. The first-order valence-electron chi connectivity index (χ1n) is 11.6. The molecule has 1 saturated heterocycles. The molecule has 0 spiro atoms. The van der Waals surface area contributed by atoms with E-state index in [9.17, 15) is 9.59 Å². The van der Waals surface area contributed by atoms with Gasteiger partial charge in [-0.3, -0.25) is 14.5 Å². The van der Waals surface area contributed by atoms with E-state index >= 15 is 0 Å². The molecule has 174 valence electrons. The van der Waals surface area contributed by atoms with E-state index in [2.05, 4.69) is 37.1 Å². The molecule has 1 heterocycles. The van der Waals surface area contributed by atoms with Crippen molar-refractivity contribution in [3.8, 4) is 6.07 Å². The van der Waals surface area contributed by atoms with E-state index in [-0.39, 0.29) is 17.2 Å². The van der Waals surface area contributed by atoms with E-state index in [1.807, 2.05) is 53.4 Å².